The third kappa shape index (κ3) is 4.54. The fourth-order valence-electron chi connectivity index (χ4n) is 2.03. The molecule has 1 aliphatic rings. The van der Waals surface area contributed by atoms with Gasteiger partial charge in [0.25, 0.3) is 5.91 Å². The molecule has 0 saturated carbocycles. The van der Waals surface area contributed by atoms with Gasteiger partial charge >= 0.3 is 0 Å². The Kier molecular flexibility index (Phi) is 4.93. The standard InChI is InChI=1S/C15H20N2O4/c1-11-2-4-12(5-3-11)14(19)16-8-13(18)17-9-15(20)6-7-21-10-15/h2-5,20H,6-10H2,1H3,(H,16,19)(H,17,18). The number of aryl methyl sites for hydroxylation is 1. The lowest BCUT2D eigenvalue weighted by atomic mass is 10.0. The highest BCUT2D eigenvalue weighted by atomic mass is 16.5. The summed E-state index contributed by atoms with van der Waals surface area (Å²) in [5, 5.41) is 15.1. The second-order valence-corrected chi connectivity index (χ2v) is 5.35. The fourth-order valence-corrected chi connectivity index (χ4v) is 2.03. The zero-order valence-electron chi connectivity index (χ0n) is 12.0. The summed E-state index contributed by atoms with van der Waals surface area (Å²) in [6.45, 7) is 2.67. The van der Waals surface area contributed by atoms with Crippen molar-refractivity contribution in [3.8, 4) is 0 Å². The highest BCUT2D eigenvalue weighted by Gasteiger charge is 2.32. The number of amides is 2. The zero-order valence-corrected chi connectivity index (χ0v) is 12.0. The third-order valence-corrected chi connectivity index (χ3v) is 3.42. The number of carbonyl (C=O) groups excluding carboxylic acids is 2. The lowest BCUT2D eigenvalue weighted by molar-refractivity contribution is -0.121. The minimum atomic E-state index is -0.989. The van der Waals surface area contributed by atoms with Gasteiger partial charge < -0.3 is 20.5 Å². The van der Waals surface area contributed by atoms with E-state index in [1.54, 1.807) is 12.1 Å². The number of nitrogens with one attached hydrogen (secondary N) is 2. The molecule has 21 heavy (non-hydrogen) atoms. The molecule has 6 nitrogen and oxygen atoms in total. The van der Waals surface area contributed by atoms with Crippen molar-refractivity contribution in [1.29, 1.82) is 0 Å². The van der Waals surface area contributed by atoms with Crippen LogP contribution in [0.4, 0.5) is 0 Å². The van der Waals surface area contributed by atoms with E-state index in [0.717, 1.165) is 5.56 Å². The van der Waals surface area contributed by atoms with E-state index in [0.29, 0.717) is 18.6 Å². The molecule has 2 rings (SSSR count). The summed E-state index contributed by atoms with van der Waals surface area (Å²) in [4.78, 5) is 23.5. The average Bonchev–Trinajstić information content (AvgIpc) is 2.91. The highest BCUT2D eigenvalue weighted by molar-refractivity contribution is 5.96. The van der Waals surface area contributed by atoms with Gasteiger partial charge in [0, 0.05) is 25.1 Å². The number of hydrogen-bond acceptors (Lipinski definition) is 4. The van der Waals surface area contributed by atoms with Gasteiger partial charge in [-0.2, -0.15) is 0 Å². The van der Waals surface area contributed by atoms with Gasteiger partial charge in [0.15, 0.2) is 0 Å². The van der Waals surface area contributed by atoms with Crippen molar-refractivity contribution in [3.63, 3.8) is 0 Å². The molecule has 1 heterocycles. The first-order chi connectivity index (χ1) is 9.98. The molecule has 1 aliphatic heterocycles. The lowest BCUT2D eigenvalue weighted by Crippen LogP contribution is -2.46. The predicted octanol–water partition coefficient (Wildman–Crippen LogP) is -0.00758. The van der Waals surface area contributed by atoms with Crippen LogP contribution in [-0.2, 0) is 9.53 Å². The van der Waals surface area contributed by atoms with Gasteiger partial charge in [0.2, 0.25) is 5.91 Å². The third-order valence-electron chi connectivity index (χ3n) is 3.42. The number of ether oxygens (including phenoxy) is 1. The van der Waals surface area contributed by atoms with Crippen LogP contribution in [0.25, 0.3) is 0 Å². The Balaban J connectivity index is 1.73. The molecule has 0 radical (unpaired) electrons. The quantitative estimate of drug-likeness (QED) is 0.712. The first kappa shape index (κ1) is 15.5. The van der Waals surface area contributed by atoms with Gasteiger partial charge in [-0.3, -0.25) is 9.59 Å². The monoisotopic (exact) mass is 292 g/mol. The van der Waals surface area contributed by atoms with Crippen LogP contribution in [0.5, 0.6) is 0 Å². The maximum absolute atomic E-state index is 11.8. The van der Waals surface area contributed by atoms with Crippen molar-refractivity contribution >= 4 is 11.8 Å². The molecule has 0 aliphatic carbocycles. The van der Waals surface area contributed by atoms with Crippen LogP contribution in [0.3, 0.4) is 0 Å². The van der Waals surface area contributed by atoms with Crippen molar-refractivity contribution in [2.24, 2.45) is 0 Å². The zero-order chi connectivity index (χ0) is 15.3. The van der Waals surface area contributed by atoms with Gasteiger partial charge in [-0.1, -0.05) is 17.7 Å². The first-order valence-electron chi connectivity index (χ1n) is 6.90. The van der Waals surface area contributed by atoms with Crippen LogP contribution in [0.2, 0.25) is 0 Å². The summed E-state index contributed by atoms with van der Waals surface area (Å²) in [5.41, 5.74) is 0.587. The van der Waals surface area contributed by atoms with Gasteiger partial charge in [-0.15, -0.1) is 0 Å². The first-order valence-corrected chi connectivity index (χ1v) is 6.90. The predicted molar refractivity (Wildman–Crippen MR) is 76.9 cm³/mol. The van der Waals surface area contributed by atoms with Crippen molar-refractivity contribution in [2.75, 3.05) is 26.3 Å². The van der Waals surface area contributed by atoms with E-state index in [9.17, 15) is 14.7 Å². The van der Waals surface area contributed by atoms with Crippen LogP contribution in [0.1, 0.15) is 22.3 Å². The molecule has 6 heteroatoms. The van der Waals surface area contributed by atoms with E-state index in [1.165, 1.54) is 0 Å². The second kappa shape index (κ2) is 6.69. The second-order valence-electron chi connectivity index (χ2n) is 5.35. The Bertz CT molecular complexity index is 507. The molecule has 1 aromatic rings. The average molecular weight is 292 g/mol. The van der Waals surface area contributed by atoms with Crippen molar-refractivity contribution < 1.29 is 19.4 Å². The van der Waals surface area contributed by atoms with Gasteiger partial charge in [0.1, 0.15) is 5.60 Å². The van der Waals surface area contributed by atoms with Crippen molar-refractivity contribution in [1.82, 2.24) is 10.6 Å². The Morgan fingerprint density at radius 2 is 2.00 bits per heavy atom. The highest BCUT2D eigenvalue weighted by Crippen LogP contribution is 2.16. The molecular weight excluding hydrogens is 272 g/mol. The summed E-state index contributed by atoms with van der Waals surface area (Å²) in [6, 6.07) is 7.09. The van der Waals surface area contributed by atoms with E-state index in [-0.39, 0.29) is 31.5 Å². The maximum atomic E-state index is 11.8. The molecule has 1 unspecified atom stereocenters. The largest absolute Gasteiger partial charge is 0.386 e. The number of benzene rings is 1. The Hall–Kier alpha value is -1.92. The number of aliphatic hydroxyl groups is 1. The van der Waals surface area contributed by atoms with Crippen molar-refractivity contribution in [2.45, 2.75) is 18.9 Å². The number of hydrogen-bond donors (Lipinski definition) is 3. The van der Waals surface area contributed by atoms with Crippen LogP contribution in [0.15, 0.2) is 24.3 Å². The van der Waals surface area contributed by atoms with E-state index in [4.69, 9.17) is 4.74 Å². The van der Waals surface area contributed by atoms with Gasteiger partial charge in [0.05, 0.1) is 13.2 Å². The molecule has 1 atom stereocenters. The molecule has 0 aromatic heterocycles. The molecule has 1 saturated heterocycles. The van der Waals surface area contributed by atoms with E-state index >= 15 is 0 Å². The fraction of sp³-hybridized carbons (Fsp3) is 0.467. The van der Waals surface area contributed by atoms with E-state index in [1.807, 2.05) is 19.1 Å². The normalized spacial score (nSPS) is 21.0. The van der Waals surface area contributed by atoms with Crippen LogP contribution >= 0.6 is 0 Å². The topological polar surface area (TPSA) is 87.7 Å². The SMILES string of the molecule is Cc1ccc(C(=O)NCC(=O)NCC2(O)CCOC2)cc1. The summed E-state index contributed by atoms with van der Waals surface area (Å²) >= 11 is 0. The molecule has 0 spiro atoms. The Morgan fingerprint density at radius 3 is 2.62 bits per heavy atom. The van der Waals surface area contributed by atoms with Crippen molar-refractivity contribution in [3.05, 3.63) is 35.4 Å². The summed E-state index contributed by atoms with van der Waals surface area (Å²) < 4.78 is 5.09. The van der Waals surface area contributed by atoms with Gasteiger partial charge in [-0.05, 0) is 19.1 Å². The van der Waals surface area contributed by atoms with Crippen LogP contribution in [-0.4, -0.2) is 48.8 Å². The van der Waals surface area contributed by atoms with Gasteiger partial charge in [-0.25, -0.2) is 0 Å². The van der Waals surface area contributed by atoms with E-state index in [2.05, 4.69) is 10.6 Å². The number of carbonyl (C=O) groups is 2. The lowest BCUT2D eigenvalue weighted by Gasteiger charge is -2.20. The summed E-state index contributed by atoms with van der Waals surface area (Å²) in [7, 11) is 0. The van der Waals surface area contributed by atoms with E-state index < -0.39 is 5.60 Å². The summed E-state index contributed by atoms with van der Waals surface area (Å²) in [5.74, 6) is -0.635. The Morgan fingerprint density at radius 1 is 1.29 bits per heavy atom. The minimum Gasteiger partial charge on any atom is -0.386 e. The van der Waals surface area contributed by atoms with Crippen LogP contribution in [0, 0.1) is 6.92 Å². The molecule has 1 aromatic carbocycles. The summed E-state index contributed by atoms with van der Waals surface area (Å²) in [6.07, 6.45) is 0.503. The molecular formula is C15H20N2O4. The minimum absolute atomic E-state index is 0.121. The molecule has 1 fully saturated rings. The number of rotatable bonds is 5. The van der Waals surface area contributed by atoms with Crippen LogP contribution < -0.4 is 10.6 Å². The molecule has 114 valence electrons. The maximum Gasteiger partial charge on any atom is 0.251 e. The molecule has 2 amide bonds. The molecule has 3 N–H and O–H groups in total. The molecule has 0 bridgehead atoms. The smallest absolute Gasteiger partial charge is 0.251 e. The Labute approximate surface area is 123 Å².